The zero-order chi connectivity index (χ0) is 13.8. The molecule has 3 rings (SSSR count). The number of hydrogen-bond acceptors (Lipinski definition) is 1. The van der Waals surface area contributed by atoms with Gasteiger partial charge in [-0.15, -0.1) is 0 Å². The molecule has 1 aromatic carbocycles. The lowest BCUT2D eigenvalue weighted by Gasteiger charge is -2.03. The van der Waals surface area contributed by atoms with Crippen LogP contribution in [-0.2, 0) is 0 Å². The number of hydrogen-bond donors (Lipinski definition) is 0. The van der Waals surface area contributed by atoms with Gasteiger partial charge in [0.15, 0.2) is 0 Å². The van der Waals surface area contributed by atoms with Crippen LogP contribution in [0.15, 0.2) is 73.1 Å². The predicted molar refractivity (Wildman–Crippen MR) is 84.9 cm³/mol. The lowest BCUT2D eigenvalue weighted by molar-refractivity contribution is 1.12. The molecule has 98 valence electrons. The van der Waals surface area contributed by atoms with Gasteiger partial charge >= 0.3 is 0 Å². The van der Waals surface area contributed by atoms with Crippen molar-refractivity contribution in [1.82, 2.24) is 9.55 Å². The van der Waals surface area contributed by atoms with Crippen molar-refractivity contribution >= 4 is 17.1 Å². The summed E-state index contributed by atoms with van der Waals surface area (Å²) in [4.78, 5) is 4.51. The minimum absolute atomic E-state index is 1.03. The summed E-state index contributed by atoms with van der Waals surface area (Å²) in [7, 11) is 0. The first kappa shape index (κ1) is 12.4. The average molecular weight is 260 g/mol. The second-order valence-electron chi connectivity index (χ2n) is 4.55. The van der Waals surface area contributed by atoms with Crippen molar-refractivity contribution in [3.05, 3.63) is 78.6 Å². The Morgan fingerprint density at radius 1 is 1.00 bits per heavy atom. The van der Waals surface area contributed by atoms with Crippen molar-refractivity contribution in [2.45, 2.75) is 6.92 Å². The fourth-order valence-corrected chi connectivity index (χ4v) is 2.28. The standard InChI is InChI=1S/C18H16N2/c1-2-3-5-9-15-14-20(16-10-6-4-7-11-16)17-12-8-13-19-18(15)17/h2-14H,1H3/b3-2-,9-5-. The van der Waals surface area contributed by atoms with Gasteiger partial charge in [0.2, 0.25) is 0 Å². The van der Waals surface area contributed by atoms with E-state index in [1.807, 2.05) is 55.6 Å². The Morgan fingerprint density at radius 2 is 1.85 bits per heavy atom. The molecule has 20 heavy (non-hydrogen) atoms. The van der Waals surface area contributed by atoms with E-state index in [1.165, 1.54) is 0 Å². The molecule has 0 atom stereocenters. The van der Waals surface area contributed by atoms with E-state index >= 15 is 0 Å². The molecule has 0 fully saturated rings. The Kier molecular flexibility index (Phi) is 3.46. The van der Waals surface area contributed by atoms with E-state index in [1.54, 1.807) is 0 Å². The molecule has 0 aliphatic carbocycles. The Balaban J connectivity index is 2.19. The normalized spacial score (nSPS) is 11.8. The van der Waals surface area contributed by atoms with E-state index in [4.69, 9.17) is 0 Å². The highest BCUT2D eigenvalue weighted by Gasteiger charge is 2.08. The fraction of sp³-hybridized carbons (Fsp3) is 0.0556. The summed E-state index contributed by atoms with van der Waals surface area (Å²) in [5.41, 5.74) is 4.43. The zero-order valence-electron chi connectivity index (χ0n) is 11.4. The van der Waals surface area contributed by atoms with Crippen LogP contribution in [0, 0.1) is 0 Å². The van der Waals surface area contributed by atoms with Crippen LogP contribution >= 0.6 is 0 Å². The summed E-state index contributed by atoms with van der Waals surface area (Å²) in [5.74, 6) is 0. The van der Waals surface area contributed by atoms with Crippen LogP contribution in [0.2, 0.25) is 0 Å². The number of nitrogens with zero attached hydrogens (tertiary/aromatic N) is 2. The second-order valence-corrected chi connectivity index (χ2v) is 4.55. The number of para-hydroxylation sites is 1. The van der Waals surface area contributed by atoms with Gasteiger partial charge in [0.1, 0.15) is 0 Å². The van der Waals surface area contributed by atoms with E-state index in [-0.39, 0.29) is 0 Å². The number of allylic oxidation sites excluding steroid dienone is 3. The van der Waals surface area contributed by atoms with Gasteiger partial charge in [-0.3, -0.25) is 4.98 Å². The first-order chi connectivity index (χ1) is 9.90. The minimum atomic E-state index is 1.03. The molecule has 0 unspecified atom stereocenters. The summed E-state index contributed by atoms with van der Waals surface area (Å²) < 4.78 is 2.18. The molecule has 0 radical (unpaired) electrons. The van der Waals surface area contributed by atoms with Crippen molar-refractivity contribution in [2.24, 2.45) is 0 Å². The van der Waals surface area contributed by atoms with E-state index in [2.05, 4.69) is 40.0 Å². The Labute approximate surface area is 118 Å². The van der Waals surface area contributed by atoms with Gasteiger partial charge in [0.05, 0.1) is 11.0 Å². The third kappa shape index (κ3) is 2.28. The number of pyridine rings is 1. The second kappa shape index (κ2) is 5.57. The Morgan fingerprint density at radius 3 is 2.65 bits per heavy atom. The summed E-state index contributed by atoms with van der Waals surface area (Å²) in [6.07, 6.45) is 12.1. The zero-order valence-corrected chi connectivity index (χ0v) is 11.4. The van der Waals surface area contributed by atoms with Crippen LogP contribution in [0.4, 0.5) is 0 Å². The van der Waals surface area contributed by atoms with Crippen molar-refractivity contribution < 1.29 is 0 Å². The molecule has 0 bridgehead atoms. The molecule has 3 aromatic rings. The van der Waals surface area contributed by atoms with Crippen molar-refractivity contribution in [2.75, 3.05) is 0 Å². The molecule has 2 nitrogen and oxygen atoms in total. The Bertz CT molecular complexity index is 764. The van der Waals surface area contributed by atoms with Crippen LogP contribution in [0.25, 0.3) is 22.8 Å². The maximum Gasteiger partial charge on any atom is 0.0956 e. The lowest BCUT2D eigenvalue weighted by Crippen LogP contribution is -1.90. The van der Waals surface area contributed by atoms with E-state index in [9.17, 15) is 0 Å². The third-order valence-corrected chi connectivity index (χ3v) is 3.20. The average Bonchev–Trinajstić information content (AvgIpc) is 2.88. The molecule has 2 heterocycles. The maximum absolute atomic E-state index is 4.51. The van der Waals surface area contributed by atoms with Gasteiger partial charge in [-0.05, 0) is 31.2 Å². The fourth-order valence-electron chi connectivity index (χ4n) is 2.28. The molecule has 0 N–H and O–H groups in total. The summed E-state index contributed by atoms with van der Waals surface area (Å²) in [6, 6.07) is 14.4. The van der Waals surface area contributed by atoms with Crippen molar-refractivity contribution in [3.63, 3.8) is 0 Å². The summed E-state index contributed by atoms with van der Waals surface area (Å²) >= 11 is 0. The monoisotopic (exact) mass is 260 g/mol. The highest BCUT2D eigenvalue weighted by atomic mass is 15.0. The number of rotatable bonds is 3. The Hall–Kier alpha value is -2.61. The van der Waals surface area contributed by atoms with Crippen LogP contribution < -0.4 is 0 Å². The van der Waals surface area contributed by atoms with Gasteiger partial charge in [-0.2, -0.15) is 0 Å². The van der Waals surface area contributed by atoms with E-state index in [0.29, 0.717) is 0 Å². The van der Waals surface area contributed by atoms with E-state index < -0.39 is 0 Å². The van der Waals surface area contributed by atoms with Crippen LogP contribution in [0.1, 0.15) is 12.5 Å². The summed E-state index contributed by atoms with van der Waals surface area (Å²) in [5, 5.41) is 0. The third-order valence-electron chi connectivity index (χ3n) is 3.20. The molecule has 2 aromatic heterocycles. The van der Waals surface area contributed by atoms with Crippen molar-refractivity contribution in [1.29, 1.82) is 0 Å². The highest BCUT2D eigenvalue weighted by Crippen LogP contribution is 2.23. The number of fused-ring (bicyclic) bond motifs is 1. The quantitative estimate of drug-likeness (QED) is 0.628. The molecule has 0 aliphatic rings. The molecule has 0 aliphatic heterocycles. The predicted octanol–water partition coefficient (Wildman–Crippen LogP) is 4.61. The van der Waals surface area contributed by atoms with Gasteiger partial charge in [-0.25, -0.2) is 0 Å². The molecule has 2 heteroatoms. The molecule has 0 spiro atoms. The molecule has 0 saturated carbocycles. The number of benzene rings is 1. The van der Waals surface area contributed by atoms with Gasteiger partial charge in [-0.1, -0.05) is 42.5 Å². The molecule has 0 saturated heterocycles. The molecular formula is C18H16N2. The van der Waals surface area contributed by atoms with Crippen LogP contribution in [0.3, 0.4) is 0 Å². The van der Waals surface area contributed by atoms with Gasteiger partial charge in [0.25, 0.3) is 0 Å². The molecular weight excluding hydrogens is 244 g/mol. The highest BCUT2D eigenvalue weighted by molar-refractivity contribution is 5.87. The largest absolute Gasteiger partial charge is 0.314 e. The van der Waals surface area contributed by atoms with Crippen LogP contribution in [0.5, 0.6) is 0 Å². The van der Waals surface area contributed by atoms with Crippen LogP contribution in [-0.4, -0.2) is 9.55 Å². The first-order valence-electron chi connectivity index (χ1n) is 6.71. The smallest absolute Gasteiger partial charge is 0.0956 e. The topological polar surface area (TPSA) is 17.8 Å². The van der Waals surface area contributed by atoms with E-state index in [0.717, 1.165) is 22.3 Å². The first-order valence-corrected chi connectivity index (χ1v) is 6.71. The lowest BCUT2D eigenvalue weighted by atomic mass is 10.2. The summed E-state index contributed by atoms with van der Waals surface area (Å²) in [6.45, 7) is 2.01. The SMILES string of the molecule is C/C=C\C=C/c1cn(-c2ccccc2)c2cccnc12. The number of aromatic nitrogens is 2. The molecule has 0 amide bonds. The van der Waals surface area contributed by atoms with Gasteiger partial charge < -0.3 is 4.57 Å². The maximum atomic E-state index is 4.51. The van der Waals surface area contributed by atoms with Crippen molar-refractivity contribution in [3.8, 4) is 5.69 Å². The minimum Gasteiger partial charge on any atom is -0.314 e. The van der Waals surface area contributed by atoms with Gasteiger partial charge in [0, 0.05) is 23.6 Å².